The Kier molecular flexibility index (Phi) is 4.62. The zero-order valence-corrected chi connectivity index (χ0v) is 13.4. The number of aryl methyl sites for hydroxylation is 1. The van der Waals surface area contributed by atoms with Gasteiger partial charge in [-0.15, -0.1) is 0 Å². The Morgan fingerprint density at radius 1 is 1.35 bits per heavy atom. The van der Waals surface area contributed by atoms with Crippen molar-refractivity contribution in [3.8, 4) is 11.5 Å². The van der Waals surface area contributed by atoms with E-state index in [0.29, 0.717) is 25.5 Å². The van der Waals surface area contributed by atoms with Crippen molar-refractivity contribution in [2.24, 2.45) is 0 Å². The largest absolute Gasteiger partial charge is 0.486 e. The minimum absolute atomic E-state index is 0.0454. The highest BCUT2D eigenvalue weighted by atomic mass is 16.6. The van der Waals surface area contributed by atoms with Crippen LogP contribution in [0.3, 0.4) is 0 Å². The van der Waals surface area contributed by atoms with Crippen molar-refractivity contribution in [1.82, 2.24) is 14.9 Å². The summed E-state index contributed by atoms with van der Waals surface area (Å²) in [5, 5.41) is 0. The molecule has 0 amide bonds. The van der Waals surface area contributed by atoms with Gasteiger partial charge in [-0.05, 0) is 25.6 Å². The molecule has 6 nitrogen and oxygen atoms in total. The van der Waals surface area contributed by atoms with Gasteiger partial charge in [-0.25, -0.2) is 4.98 Å². The number of hydrogen-bond donors (Lipinski definition) is 1. The molecule has 0 bridgehead atoms. The van der Waals surface area contributed by atoms with Gasteiger partial charge in [-0.3, -0.25) is 9.69 Å². The lowest BCUT2D eigenvalue weighted by molar-refractivity contribution is 0.0632. The van der Waals surface area contributed by atoms with Crippen LogP contribution in [-0.2, 0) is 13.0 Å². The van der Waals surface area contributed by atoms with Gasteiger partial charge in [0.2, 0.25) is 0 Å². The molecule has 122 valence electrons. The summed E-state index contributed by atoms with van der Waals surface area (Å²) < 4.78 is 11.7. The maximum Gasteiger partial charge on any atom is 0.251 e. The number of benzene rings is 1. The third-order valence-corrected chi connectivity index (χ3v) is 3.71. The Hall–Kier alpha value is -2.34. The Morgan fingerprint density at radius 2 is 2.13 bits per heavy atom. The summed E-state index contributed by atoms with van der Waals surface area (Å²) in [4.78, 5) is 20.9. The molecule has 2 heterocycles. The number of para-hydroxylation sites is 2. The second kappa shape index (κ2) is 6.83. The third kappa shape index (κ3) is 3.90. The van der Waals surface area contributed by atoms with E-state index >= 15 is 0 Å². The van der Waals surface area contributed by atoms with Crippen molar-refractivity contribution in [2.45, 2.75) is 26.0 Å². The van der Waals surface area contributed by atoms with Crippen molar-refractivity contribution in [3.63, 3.8) is 0 Å². The summed E-state index contributed by atoms with van der Waals surface area (Å²) in [5.41, 5.74) is 0.703. The molecule has 1 aromatic heterocycles. The first-order chi connectivity index (χ1) is 11.1. The van der Waals surface area contributed by atoms with Gasteiger partial charge in [-0.1, -0.05) is 19.1 Å². The van der Waals surface area contributed by atoms with Gasteiger partial charge < -0.3 is 14.5 Å². The lowest BCUT2D eigenvalue weighted by Gasteiger charge is -2.29. The number of hydrogen-bond acceptors (Lipinski definition) is 5. The van der Waals surface area contributed by atoms with E-state index in [4.69, 9.17) is 9.47 Å². The summed E-state index contributed by atoms with van der Waals surface area (Å²) in [6.07, 6.45) is 0.702. The number of nitrogens with one attached hydrogen (secondary N) is 1. The lowest BCUT2D eigenvalue weighted by Crippen LogP contribution is -2.39. The molecular formula is C17H21N3O3. The maximum absolute atomic E-state index is 11.6. The first-order valence-corrected chi connectivity index (χ1v) is 7.80. The Bertz CT molecular complexity index is 729. The molecule has 0 saturated carbocycles. The highest BCUT2D eigenvalue weighted by Crippen LogP contribution is 2.30. The Balaban J connectivity index is 1.61. The topological polar surface area (TPSA) is 67.5 Å². The van der Waals surface area contributed by atoms with Gasteiger partial charge in [0.25, 0.3) is 5.56 Å². The minimum atomic E-state index is -0.105. The summed E-state index contributed by atoms with van der Waals surface area (Å²) >= 11 is 0. The number of aromatic nitrogens is 2. The summed E-state index contributed by atoms with van der Waals surface area (Å²) in [6.45, 7) is 3.75. The third-order valence-electron chi connectivity index (χ3n) is 3.71. The number of likely N-dealkylation sites (N-methyl/N-ethyl adjacent to an activating group) is 1. The number of fused-ring (bicyclic) bond motifs is 1. The van der Waals surface area contributed by atoms with Crippen LogP contribution >= 0.6 is 0 Å². The standard InChI is InChI=1S/C17H21N3O3/c1-3-12-8-17(21)19-16(18-12)10-20(2)9-13-11-22-14-6-4-5-7-15(14)23-13/h4-8,13H,3,9-11H2,1-2H3,(H,18,19,21)/t13-/m1/s1. The van der Waals surface area contributed by atoms with E-state index in [9.17, 15) is 4.79 Å². The van der Waals surface area contributed by atoms with Crippen molar-refractivity contribution >= 4 is 0 Å². The molecule has 23 heavy (non-hydrogen) atoms. The zero-order chi connectivity index (χ0) is 16.2. The van der Waals surface area contributed by atoms with Crippen LogP contribution < -0.4 is 15.0 Å². The highest BCUT2D eigenvalue weighted by Gasteiger charge is 2.22. The highest BCUT2D eigenvalue weighted by molar-refractivity contribution is 5.40. The lowest BCUT2D eigenvalue weighted by atomic mass is 10.2. The summed E-state index contributed by atoms with van der Waals surface area (Å²) in [7, 11) is 1.97. The number of aromatic amines is 1. The van der Waals surface area contributed by atoms with E-state index < -0.39 is 0 Å². The fraction of sp³-hybridized carbons (Fsp3) is 0.412. The number of ether oxygens (including phenoxy) is 2. The second-order valence-corrected chi connectivity index (χ2v) is 5.73. The molecule has 2 aromatic rings. The smallest absolute Gasteiger partial charge is 0.251 e. The first-order valence-electron chi connectivity index (χ1n) is 7.80. The molecule has 1 atom stereocenters. The summed E-state index contributed by atoms with van der Waals surface area (Å²) in [5.74, 6) is 2.23. The van der Waals surface area contributed by atoms with E-state index in [1.807, 2.05) is 38.2 Å². The average Bonchev–Trinajstić information content (AvgIpc) is 2.54. The SMILES string of the molecule is CCc1cc(=O)[nH]c(CN(C)C[C@@H]2COc3ccccc3O2)n1. The molecule has 0 saturated heterocycles. The van der Waals surface area contributed by atoms with E-state index in [1.54, 1.807) is 6.07 Å². The second-order valence-electron chi connectivity index (χ2n) is 5.73. The van der Waals surface area contributed by atoms with Crippen molar-refractivity contribution in [1.29, 1.82) is 0 Å². The van der Waals surface area contributed by atoms with Crippen LogP contribution in [0.15, 0.2) is 35.1 Å². The molecular weight excluding hydrogens is 294 g/mol. The van der Waals surface area contributed by atoms with E-state index in [0.717, 1.165) is 23.6 Å². The predicted octanol–water partition coefficient (Wildman–Crippen LogP) is 1.60. The van der Waals surface area contributed by atoms with Gasteiger partial charge in [0, 0.05) is 18.3 Å². The molecule has 0 fully saturated rings. The normalized spacial score (nSPS) is 16.6. The van der Waals surface area contributed by atoms with E-state index in [-0.39, 0.29) is 11.7 Å². The molecule has 0 unspecified atom stereocenters. The zero-order valence-electron chi connectivity index (χ0n) is 13.4. The molecule has 0 spiro atoms. The molecule has 0 radical (unpaired) electrons. The molecule has 0 aliphatic carbocycles. The van der Waals surface area contributed by atoms with Crippen LogP contribution in [0.1, 0.15) is 18.4 Å². The van der Waals surface area contributed by atoms with Crippen molar-refractivity contribution in [3.05, 3.63) is 52.2 Å². The first kappa shape index (κ1) is 15.6. The number of nitrogens with zero attached hydrogens (tertiary/aromatic N) is 2. The van der Waals surface area contributed by atoms with Crippen molar-refractivity contribution < 1.29 is 9.47 Å². The average molecular weight is 315 g/mol. The van der Waals surface area contributed by atoms with E-state index in [1.165, 1.54) is 0 Å². The van der Waals surface area contributed by atoms with Gasteiger partial charge in [0.15, 0.2) is 11.5 Å². The molecule has 1 aromatic carbocycles. The minimum Gasteiger partial charge on any atom is -0.486 e. The van der Waals surface area contributed by atoms with Crippen LogP contribution in [0.2, 0.25) is 0 Å². The fourth-order valence-corrected chi connectivity index (χ4v) is 2.64. The molecule has 1 aliphatic rings. The van der Waals surface area contributed by atoms with Gasteiger partial charge in [0.1, 0.15) is 18.5 Å². The monoisotopic (exact) mass is 315 g/mol. The van der Waals surface area contributed by atoms with Crippen LogP contribution in [0.5, 0.6) is 11.5 Å². The Morgan fingerprint density at radius 3 is 2.91 bits per heavy atom. The van der Waals surface area contributed by atoms with Crippen molar-refractivity contribution in [2.75, 3.05) is 20.2 Å². The quantitative estimate of drug-likeness (QED) is 0.908. The van der Waals surface area contributed by atoms with Crippen LogP contribution in [0.4, 0.5) is 0 Å². The van der Waals surface area contributed by atoms with E-state index in [2.05, 4.69) is 14.9 Å². The molecule has 3 rings (SSSR count). The Labute approximate surface area is 135 Å². The summed E-state index contributed by atoms with van der Waals surface area (Å²) in [6, 6.07) is 9.21. The predicted molar refractivity (Wildman–Crippen MR) is 86.9 cm³/mol. The van der Waals surface area contributed by atoms with Crippen LogP contribution in [0.25, 0.3) is 0 Å². The number of H-pyrrole nitrogens is 1. The molecule has 1 N–H and O–H groups in total. The van der Waals surface area contributed by atoms with Gasteiger partial charge >= 0.3 is 0 Å². The van der Waals surface area contributed by atoms with Gasteiger partial charge in [-0.2, -0.15) is 0 Å². The maximum atomic E-state index is 11.6. The number of rotatable bonds is 5. The van der Waals surface area contributed by atoms with Crippen LogP contribution in [0, 0.1) is 0 Å². The van der Waals surface area contributed by atoms with Crippen LogP contribution in [-0.4, -0.2) is 41.2 Å². The molecule has 1 aliphatic heterocycles. The molecule has 6 heteroatoms. The fourth-order valence-electron chi connectivity index (χ4n) is 2.64. The van der Waals surface area contributed by atoms with Gasteiger partial charge in [0.05, 0.1) is 6.54 Å².